The minimum atomic E-state index is 0.744. The van der Waals surface area contributed by atoms with Crippen LogP contribution < -0.4 is 16.4 Å². The van der Waals surface area contributed by atoms with E-state index in [9.17, 15) is 0 Å². The molecule has 0 spiro atoms. The van der Waals surface area contributed by atoms with Crippen LogP contribution in [0.25, 0.3) is 0 Å². The van der Waals surface area contributed by atoms with Gasteiger partial charge in [0.25, 0.3) is 0 Å². The number of rotatable bonds is 1. The highest BCUT2D eigenvalue weighted by molar-refractivity contribution is 14.1. The first-order chi connectivity index (χ1) is 6.75. The van der Waals surface area contributed by atoms with E-state index in [-0.39, 0.29) is 0 Å². The van der Waals surface area contributed by atoms with Gasteiger partial charge in [-0.2, -0.15) is 0 Å². The Labute approximate surface area is 96.1 Å². The van der Waals surface area contributed by atoms with Crippen molar-refractivity contribution in [2.45, 2.75) is 0 Å². The highest BCUT2D eigenvalue weighted by Gasteiger charge is 2.06. The van der Waals surface area contributed by atoms with Gasteiger partial charge in [-0.1, -0.05) is 0 Å². The van der Waals surface area contributed by atoms with Gasteiger partial charge >= 0.3 is 0 Å². The fourth-order valence-corrected chi connectivity index (χ4v) is 1.77. The zero-order chi connectivity index (χ0) is 9.97. The van der Waals surface area contributed by atoms with Crippen molar-refractivity contribution in [1.82, 2.24) is 5.32 Å². The molecule has 0 bridgehead atoms. The number of nitrogen functional groups attached to an aromatic ring is 1. The maximum absolute atomic E-state index is 5.85. The van der Waals surface area contributed by atoms with Crippen LogP contribution in [0, 0.1) is 3.57 Å². The van der Waals surface area contributed by atoms with Crippen molar-refractivity contribution < 1.29 is 0 Å². The number of benzene rings is 1. The van der Waals surface area contributed by atoms with Crippen LogP contribution in [-0.4, -0.2) is 19.0 Å². The average Bonchev–Trinajstić information content (AvgIpc) is 2.62. The van der Waals surface area contributed by atoms with E-state index >= 15 is 0 Å². The molecule has 1 aromatic carbocycles. The molecule has 0 atom stereocenters. The predicted octanol–water partition coefficient (Wildman–Crippen LogP) is 1.24. The SMILES string of the molecule is Nc1cc(I)ccc1NC1=NCCN1. The highest BCUT2D eigenvalue weighted by atomic mass is 127. The van der Waals surface area contributed by atoms with E-state index in [0.29, 0.717) is 0 Å². The number of halogens is 1. The molecule has 4 nitrogen and oxygen atoms in total. The standard InChI is InChI=1S/C9H11IN4/c10-6-1-2-8(7(11)5-6)14-9-12-3-4-13-9/h1-2,5H,3-4,11H2,(H2,12,13,14). The van der Waals surface area contributed by atoms with Crippen LogP contribution in [0.15, 0.2) is 23.2 Å². The summed E-state index contributed by atoms with van der Waals surface area (Å²) in [6.45, 7) is 1.72. The number of hydrogen-bond donors (Lipinski definition) is 3. The van der Waals surface area contributed by atoms with Gasteiger partial charge in [-0.3, -0.25) is 4.99 Å². The lowest BCUT2D eigenvalue weighted by molar-refractivity contribution is 0.959. The first-order valence-corrected chi connectivity index (χ1v) is 5.44. The lowest BCUT2D eigenvalue weighted by Gasteiger charge is -2.09. The van der Waals surface area contributed by atoms with Crippen LogP contribution in [0.5, 0.6) is 0 Å². The van der Waals surface area contributed by atoms with Crippen molar-refractivity contribution in [2.75, 3.05) is 24.1 Å². The molecule has 0 aliphatic carbocycles. The Balaban J connectivity index is 2.16. The van der Waals surface area contributed by atoms with Crippen molar-refractivity contribution in [1.29, 1.82) is 0 Å². The molecule has 2 rings (SSSR count). The first kappa shape index (κ1) is 9.57. The summed E-state index contributed by atoms with van der Waals surface area (Å²) in [5.41, 5.74) is 7.49. The van der Waals surface area contributed by atoms with E-state index in [4.69, 9.17) is 5.73 Å². The third-order valence-electron chi connectivity index (χ3n) is 1.94. The summed E-state index contributed by atoms with van der Waals surface area (Å²) in [6, 6.07) is 5.90. The molecular formula is C9H11IN4. The van der Waals surface area contributed by atoms with E-state index in [1.165, 1.54) is 0 Å². The zero-order valence-corrected chi connectivity index (χ0v) is 9.71. The summed E-state index contributed by atoms with van der Waals surface area (Å²) >= 11 is 2.23. The second kappa shape index (κ2) is 4.04. The van der Waals surface area contributed by atoms with Gasteiger partial charge in [-0.05, 0) is 40.8 Å². The molecular weight excluding hydrogens is 291 g/mol. The van der Waals surface area contributed by atoms with Crippen molar-refractivity contribution in [3.63, 3.8) is 0 Å². The van der Waals surface area contributed by atoms with Crippen molar-refractivity contribution in [2.24, 2.45) is 4.99 Å². The van der Waals surface area contributed by atoms with Gasteiger partial charge in [-0.15, -0.1) is 0 Å². The normalized spacial score (nSPS) is 14.8. The van der Waals surface area contributed by atoms with Crippen LogP contribution >= 0.6 is 22.6 Å². The fraction of sp³-hybridized carbons (Fsp3) is 0.222. The van der Waals surface area contributed by atoms with Gasteiger partial charge in [0.1, 0.15) is 0 Å². The number of nitrogens with one attached hydrogen (secondary N) is 2. The Bertz CT molecular complexity index is 375. The number of guanidine groups is 1. The van der Waals surface area contributed by atoms with E-state index in [2.05, 4.69) is 38.2 Å². The lowest BCUT2D eigenvalue weighted by atomic mass is 10.3. The van der Waals surface area contributed by atoms with Crippen molar-refractivity contribution in [3.05, 3.63) is 21.8 Å². The molecule has 1 aliphatic heterocycles. The average molecular weight is 302 g/mol. The summed E-state index contributed by atoms with van der Waals surface area (Å²) < 4.78 is 1.13. The summed E-state index contributed by atoms with van der Waals surface area (Å²) in [6.07, 6.45) is 0. The van der Waals surface area contributed by atoms with Crippen molar-refractivity contribution >= 4 is 39.9 Å². The Morgan fingerprint density at radius 2 is 2.36 bits per heavy atom. The predicted molar refractivity (Wildman–Crippen MR) is 67.5 cm³/mol. The molecule has 14 heavy (non-hydrogen) atoms. The summed E-state index contributed by atoms with van der Waals surface area (Å²) in [7, 11) is 0. The topological polar surface area (TPSA) is 62.4 Å². The maximum atomic E-state index is 5.85. The zero-order valence-electron chi connectivity index (χ0n) is 7.55. The molecule has 74 valence electrons. The third kappa shape index (κ3) is 2.09. The van der Waals surface area contributed by atoms with Crippen LogP contribution in [0.4, 0.5) is 11.4 Å². The Morgan fingerprint density at radius 1 is 1.50 bits per heavy atom. The van der Waals surface area contributed by atoms with Crippen LogP contribution in [0.1, 0.15) is 0 Å². The molecule has 0 unspecified atom stereocenters. The van der Waals surface area contributed by atoms with Gasteiger partial charge in [0.05, 0.1) is 17.9 Å². The van der Waals surface area contributed by atoms with E-state index in [1.54, 1.807) is 0 Å². The smallest absolute Gasteiger partial charge is 0.195 e. The Hall–Kier alpha value is -0.980. The van der Waals surface area contributed by atoms with Gasteiger partial charge in [0.15, 0.2) is 5.96 Å². The quantitative estimate of drug-likeness (QED) is 0.540. The van der Waals surface area contributed by atoms with Crippen LogP contribution in [0.2, 0.25) is 0 Å². The van der Waals surface area contributed by atoms with E-state index < -0.39 is 0 Å². The van der Waals surface area contributed by atoms with E-state index in [0.717, 1.165) is 34.0 Å². The van der Waals surface area contributed by atoms with Gasteiger partial charge in [-0.25, -0.2) is 0 Å². The number of nitrogens with zero attached hydrogens (tertiary/aromatic N) is 1. The molecule has 0 aromatic heterocycles. The van der Waals surface area contributed by atoms with Gasteiger partial charge < -0.3 is 16.4 Å². The first-order valence-electron chi connectivity index (χ1n) is 4.36. The van der Waals surface area contributed by atoms with Crippen molar-refractivity contribution in [3.8, 4) is 0 Å². The Kier molecular flexibility index (Phi) is 2.76. The summed E-state index contributed by atoms with van der Waals surface area (Å²) in [4.78, 5) is 4.23. The molecule has 1 aliphatic rings. The number of nitrogens with two attached hydrogens (primary N) is 1. The number of hydrogen-bond acceptors (Lipinski definition) is 4. The molecule has 0 amide bonds. The lowest BCUT2D eigenvalue weighted by Crippen LogP contribution is -2.26. The Morgan fingerprint density at radius 3 is 3.00 bits per heavy atom. The molecule has 0 fully saturated rings. The molecule has 1 heterocycles. The monoisotopic (exact) mass is 302 g/mol. The molecule has 0 radical (unpaired) electrons. The maximum Gasteiger partial charge on any atom is 0.195 e. The van der Waals surface area contributed by atoms with E-state index in [1.807, 2.05) is 18.2 Å². The van der Waals surface area contributed by atoms with Gasteiger partial charge in [0.2, 0.25) is 0 Å². The minimum Gasteiger partial charge on any atom is -0.397 e. The number of aliphatic imine (C=N–C) groups is 1. The van der Waals surface area contributed by atoms with Gasteiger partial charge in [0, 0.05) is 10.1 Å². The second-order valence-electron chi connectivity index (χ2n) is 3.01. The highest BCUT2D eigenvalue weighted by Crippen LogP contribution is 2.20. The number of anilines is 2. The second-order valence-corrected chi connectivity index (χ2v) is 4.26. The molecule has 1 aromatic rings. The fourth-order valence-electron chi connectivity index (χ4n) is 1.26. The van der Waals surface area contributed by atoms with Crippen LogP contribution in [-0.2, 0) is 0 Å². The van der Waals surface area contributed by atoms with Crippen LogP contribution in [0.3, 0.4) is 0 Å². The molecule has 0 saturated heterocycles. The molecule has 0 saturated carbocycles. The minimum absolute atomic E-state index is 0.744. The summed E-state index contributed by atoms with van der Waals surface area (Å²) in [5, 5.41) is 6.28. The molecule has 4 N–H and O–H groups in total. The largest absolute Gasteiger partial charge is 0.397 e. The molecule has 5 heteroatoms. The third-order valence-corrected chi connectivity index (χ3v) is 2.61. The summed E-state index contributed by atoms with van der Waals surface area (Å²) in [5.74, 6) is 0.804.